The molecule has 1 N–H and O–H groups in total. The van der Waals surface area contributed by atoms with Crippen LogP contribution in [0, 0.1) is 0 Å². The molecule has 9 heteroatoms. The molecule has 2 aliphatic heterocycles. The Kier molecular flexibility index (Phi) is 5.08. The number of nitrogens with zero attached hydrogens (tertiary/aromatic N) is 3. The Labute approximate surface area is 162 Å². The van der Waals surface area contributed by atoms with E-state index in [0.29, 0.717) is 61.1 Å². The number of hydrogen-bond donors (Lipinski definition) is 1. The van der Waals surface area contributed by atoms with Crippen LogP contribution in [0.2, 0.25) is 0 Å². The number of rotatable bonds is 4. The Bertz CT molecular complexity index is 930. The van der Waals surface area contributed by atoms with E-state index in [1.54, 1.807) is 19.2 Å². The first-order chi connectivity index (χ1) is 13.6. The van der Waals surface area contributed by atoms with Crippen molar-refractivity contribution in [2.24, 2.45) is 0 Å². The third-order valence-corrected chi connectivity index (χ3v) is 5.29. The summed E-state index contributed by atoms with van der Waals surface area (Å²) in [5.41, 5.74) is 0.299. The van der Waals surface area contributed by atoms with Crippen LogP contribution in [0.25, 0.3) is 10.9 Å². The van der Waals surface area contributed by atoms with Crippen molar-refractivity contribution < 1.29 is 19.0 Å². The Morgan fingerprint density at radius 3 is 2.54 bits per heavy atom. The average Bonchev–Trinajstić information content (AvgIpc) is 3.27. The maximum atomic E-state index is 12.6. The lowest BCUT2D eigenvalue weighted by molar-refractivity contribution is -0.141. The number of anilines is 1. The summed E-state index contributed by atoms with van der Waals surface area (Å²) < 4.78 is 16.1. The van der Waals surface area contributed by atoms with Crippen LogP contribution >= 0.6 is 0 Å². The molecule has 1 aromatic heterocycles. The summed E-state index contributed by atoms with van der Waals surface area (Å²) in [6, 6.07) is 3.33. The molecule has 1 atom stereocenters. The number of methoxy groups -OCH3 is 2. The number of piperazine rings is 1. The molecule has 1 aromatic carbocycles. The third kappa shape index (κ3) is 3.37. The molecule has 2 aromatic rings. The molecule has 0 bridgehead atoms. The van der Waals surface area contributed by atoms with Crippen LogP contribution in [0.1, 0.15) is 12.8 Å². The number of aromatic nitrogens is 2. The Morgan fingerprint density at radius 2 is 1.89 bits per heavy atom. The van der Waals surface area contributed by atoms with E-state index in [9.17, 15) is 9.59 Å². The molecule has 0 spiro atoms. The molecule has 150 valence electrons. The predicted molar refractivity (Wildman–Crippen MR) is 103 cm³/mol. The van der Waals surface area contributed by atoms with E-state index in [1.807, 2.05) is 9.80 Å². The minimum atomic E-state index is -0.299. The number of nitrogens with one attached hydrogen (secondary N) is 1. The van der Waals surface area contributed by atoms with E-state index >= 15 is 0 Å². The second-order valence-electron chi connectivity index (χ2n) is 6.93. The zero-order valence-corrected chi connectivity index (χ0v) is 16.1. The number of hydrogen-bond acceptors (Lipinski definition) is 7. The molecule has 0 unspecified atom stereocenters. The number of benzene rings is 1. The molecular formula is C19H24N4O5. The molecule has 2 aliphatic rings. The van der Waals surface area contributed by atoms with E-state index in [1.165, 1.54) is 7.11 Å². The quantitative estimate of drug-likeness (QED) is 0.826. The van der Waals surface area contributed by atoms with Gasteiger partial charge in [-0.3, -0.25) is 14.6 Å². The molecule has 0 saturated carbocycles. The van der Waals surface area contributed by atoms with Crippen molar-refractivity contribution in [2.75, 3.05) is 51.9 Å². The summed E-state index contributed by atoms with van der Waals surface area (Å²) in [5.74, 6) is 1.56. The van der Waals surface area contributed by atoms with Gasteiger partial charge < -0.3 is 24.0 Å². The number of ether oxygens (including phenoxy) is 3. The van der Waals surface area contributed by atoms with E-state index in [2.05, 4.69) is 9.97 Å². The summed E-state index contributed by atoms with van der Waals surface area (Å²) in [4.78, 5) is 36.3. The first-order valence-electron chi connectivity index (χ1n) is 9.42. The first-order valence-corrected chi connectivity index (χ1v) is 9.42. The van der Waals surface area contributed by atoms with E-state index in [-0.39, 0.29) is 17.6 Å². The van der Waals surface area contributed by atoms with E-state index in [4.69, 9.17) is 14.2 Å². The molecule has 9 nitrogen and oxygen atoms in total. The van der Waals surface area contributed by atoms with E-state index < -0.39 is 0 Å². The Morgan fingerprint density at radius 1 is 1.18 bits per heavy atom. The summed E-state index contributed by atoms with van der Waals surface area (Å²) >= 11 is 0. The van der Waals surface area contributed by atoms with Gasteiger partial charge in [0.05, 0.1) is 25.1 Å². The highest BCUT2D eigenvalue weighted by molar-refractivity contribution is 5.83. The SMILES string of the molecule is COc1cc2nc(N3CCN(C(=O)[C@H]4CCCO4)CC3)[nH]c(=O)c2cc1OC. The van der Waals surface area contributed by atoms with Crippen molar-refractivity contribution in [2.45, 2.75) is 18.9 Å². The minimum absolute atomic E-state index is 0.0638. The van der Waals surface area contributed by atoms with Gasteiger partial charge in [0.2, 0.25) is 5.95 Å². The third-order valence-electron chi connectivity index (χ3n) is 5.29. The fourth-order valence-electron chi connectivity index (χ4n) is 3.72. The van der Waals surface area contributed by atoms with Crippen LogP contribution < -0.4 is 19.9 Å². The van der Waals surface area contributed by atoms with Gasteiger partial charge >= 0.3 is 0 Å². The topological polar surface area (TPSA) is 97.0 Å². The van der Waals surface area contributed by atoms with Crippen molar-refractivity contribution in [3.05, 3.63) is 22.5 Å². The van der Waals surface area contributed by atoms with Gasteiger partial charge in [0, 0.05) is 38.9 Å². The van der Waals surface area contributed by atoms with Gasteiger partial charge in [0.1, 0.15) is 6.10 Å². The van der Waals surface area contributed by atoms with E-state index in [0.717, 1.165) is 12.8 Å². The standard InChI is InChI=1S/C19H24N4O5/c1-26-15-10-12-13(11-16(15)27-2)20-19(21-17(12)24)23-7-5-22(6-8-23)18(25)14-4-3-9-28-14/h10-11,14H,3-9H2,1-2H3,(H,20,21,24)/t14-/m1/s1. The highest BCUT2D eigenvalue weighted by atomic mass is 16.5. The molecule has 4 rings (SSSR count). The first kappa shape index (κ1) is 18.5. The van der Waals surface area contributed by atoms with Crippen molar-refractivity contribution in [1.29, 1.82) is 0 Å². The highest BCUT2D eigenvalue weighted by Gasteiger charge is 2.30. The number of amides is 1. The van der Waals surface area contributed by atoms with Crippen LogP contribution in [-0.2, 0) is 9.53 Å². The fourth-order valence-corrected chi connectivity index (χ4v) is 3.72. The van der Waals surface area contributed by atoms with Gasteiger partial charge in [-0.15, -0.1) is 0 Å². The summed E-state index contributed by atoms with van der Waals surface area (Å²) in [6.45, 7) is 3.01. The summed E-state index contributed by atoms with van der Waals surface area (Å²) in [7, 11) is 3.07. The molecular weight excluding hydrogens is 364 g/mol. The maximum Gasteiger partial charge on any atom is 0.260 e. The highest BCUT2D eigenvalue weighted by Crippen LogP contribution is 2.30. The molecule has 3 heterocycles. The van der Waals surface area contributed by atoms with Crippen molar-refractivity contribution in [3.8, 4) is 11.5 Å². The average molecular weight is 388 g/mol. The Hall–Kier alpha value is -2.81. The Balaban J connectivity index is 1.53. The van der Waals surface area contributed by atoms with Crippen molar-refractivity contribution in [1.82, 2.24) is 14.9 Å². The number of carbonyl (C=O) groups excluding carboxylic acids is 1. The minimum Gasteiger partial charge on any atom is -0.493 e. The van der Waals surface area contributed by atoms with Gasteiger partial charge in [0.25, 0.3) is 11.5 Å². The normalized spacial score (nSPS) is 19.9. The van der Waals surface area contributed by atoms with Crippen LogP contribution in [-0.4, -0.2) is 73.9 Å². The lowest BCUT2D eigenvalue weighted by Crippen LogP contribution is -2.52. The van der Waals surface area contributed by atoms with Crippen LogP contribution in [0.15, 0.2) is 16.9 Å². The molecule has 0 aliphatic carbocycles. The molecule has 28 heavy (non-hydrogen) atoms. The molecule has 2 saturated heterocycles. The number of fused-ring (bicyclic) bond motifs is 1. The lowest BCUT2D eigenvalue weighted by atomic mass is 10.2. The maximum absolute atomic E-state index is 12.6. The second-order valence-corrected chi connectivity index (χ2v) is 6.93. The summed E-state index contributed by atoms with van der Waals surface area (Å²) in [6.07, 6.45) is 1.43. The van der Waals surface area contributed by atoms with Gasteiger partial charge in [-0.1, -0.05) is 0 Å². The van der Waals surface area contributed by atoms with Crippen LogP contribution in [0.3, 0.4) is 0 Å². The van der Waals surface area contributed by atoms with Gasteiger partial charge in [-0.05, 0) is 18.9 Å². The predicted octanol–water partition coefficient (Wildman–Crippen LogP) is 0.768. The monoisotopic (exact) mass is 388 g/mol. The second kappa shape index (κ2) is 7.67. The molecule has 2 fully saturated rings. The van der Waals surface area contributed by atoms with Crippen molar-refractivity contribution in [3.63, 3.8) is 0 Å². The molecule has 1 amide bonds. The number of aromatic amines is 1. The molecule has 0 radical (unpaired) electrons. The van der Waals surface area contributed by atoms with Gasteiger partial charge in [0.15, 0.2) is 11.5 Å². The van der Waals surface area contributed by atoms with Crippen LogP contribution in [0.4, 0.5) is 5.95 Å². The van der Waals surface area contributed by atoms with Gasteiger partial charge in [-0.2, -0.15) is 0 Å². The zero-order chi connectivity index (χ0) is 19.7. The fraction of sp³-hybridized carbons (Fsp3) is 0.526. The smallest absolute Gasteiger partial charge is 0.260 e. The number of H-pyrrole nitrogens is 1. The van der Waals surface area contributed by atoms with Gasteiger partial charge in [-0.25, -0.2) is 4.98 Å². The summed E-state index contributed by atoms with van der Waals surface area (Å²) in [5, 5.41) is 0.439. The zero-order valence-electron chi connectivity index (χ0n) is 16.1. The number of carbonyl (C=O) groups is 1. The lowest BCUT2D eigenvalue weighted by Gasteiger charge is -2.36. The van der Waals surface area contributed by atoms with Crippen molar-refractivity contribution >= 4 is 22.8 Å². The largest absolute Gasteiger partial charge is 0.493 e. The van der Waals surface area contributed by atoms with Crippen LogP contribution in [0.5, 0.6) is 11.5 Å².